The maximum Gasteiger partial charge on any atom is 0.476 e. The third-order valence-corrected chi connectivity index (χ3v) is 2.32. The van der Waals surface area contributed by atoms with Gasteiger partial charge >= 0.3 is 6.09 Å². The van der Waals surface area contributed by atoms with E-state index in [2.05, 4.69) is 4.84 Å². The van der Waals surface area contributed by atoms with E-state index in [1.807, 2.05) is 19.9 Å². The van der Waals surface area contributed by atoms with E-state index >= 15 is 0 Å². The zero-order valence-electron chi connectivity index (χ0n) is 7.90. The van der Waals surface area contributed by atoms with Crippen LogP contribution in [0.5, 0.6) is 0 Å². The van der Waals surface area contributed by atoms with E-state index in [0.29, 0.717) is 5.56 Å². The zero-order chi connectivity index (χ0) is 10.3. The van der Waals surface area contributed by atoms with Crippen molar-refractivity contribution >= 4 is 12.0 Å². The molecule has 1 heterocycles. The third-order valence-electron chi connectivity index (χ3n) is 2.32. The summed E-state index contributed by atoms with van der Waals surface area (Å²) in [6, 6.07) is 5.38. The number of hydrogen-bond donors (Lipinski definition) is 0. The second kappa shape index (κ2) is 2.83. The summed E-state index contributed by atoms with van der Waals surface area (Å²) < 4.78 is 0. The lowest BCUT2D eigenvalue weighted by molar-refractivity contribution is 0.0711. The standard InChI is InChI=1S/C10H9NO3/c1-6-4-3-5-8(7(6)2)9(12)11-10(13)14-11/h3-5H,1-2H3. The van der Waals surface area contributed by atoms with Crippen LogP contribution >= 0.6 is 0 Å². The average molecular weight is 191 g/mol. The summed E-state index contributed by atoms with van der Waals surface area (Å²) in [7, 11) is 0. The van der Waals surface area contributed by atoms with E-state index in [-0.39, 0.29) is 0 Å². The molecule has 0 N–H and O–H groups in total. The van der Waals surface area contributed by atoms with Crippen LogP contribution in [0.15, 0.2) is 18.2 Å². The molecule has 1 aliphatic heterocycles. The lowest BCUT2D eigenvalue weighted by atomic mass is 10.0. The molecule has 0 aromatic heterocycles. The molecule has 1 aliphatic rings. The van der Waals surface area contributed by atoms with Crippen molar-refractivity contribution in [3.63, 3.8) is 0 Å². The molecule has 72 valence electrons. The molecule has 4 heteroatoms. The summed E-state index contributed by atoms with van der Waals surface area (Å²) in [5.41, 5.74) is 2.40. The maximum absolute atomic E-state index is 11.6. The van der Waals surface area contributed by atoms with Gasteiger partial charge < -0.3 is 4.84 Å². The molecule has 1 fully saturated rings. The SMILES string of the molecule is Cc1cccc(C(=O)N2OC2=O)c1C. The minimum Gasteiger partial charge on any atom is -0.305 e. The van der Waals surface area contributed by atoms with Gasteiger partial charge in [0.05, 0.1) is 0 Å². The number of carbonyl (C=O) groups excluding carboxylic acids is 2. The average Bonchev–Trinajstić information content (AvgIpc) is 2.87. The molecular formula is C10H9NO3. The first-order valence-electron chi connectivity index (χ1n) is 4.24. The fourth-order valence-electron chi connectivity index (χ4n) is 1.27. The van der Waals surface area contributed by atoms with Crippen LogP contribution in [0.2, 0.25) is 0 Å². The predicted octanol–water partition coefficient (Wildman–Crippen LogP) is 1.81. The Hall–Kier alpha value is -1.84. The molecule has 2 amide bonds. The van der Waals surface area contributed by atoms with Gasteiger partial charge in [0.15, 0.2) is 0 Å². The highest BCUT2D eigenvalue weighted by atomic mass is 16.9. The Morgan fingerprint density at radius 1 is 1.36 bits per heavy atom. The molecule has 0 atom stereocenters. The Labute approximate surface area is 81.0 Å². The van der Waals surface area contributed by atoms with Crippen LogP contribution in [-0.2, 0) is 4.84 Å². The Kier molecular flexibility index (Phi) is 1.77. The molecule has 2 rings (SSSR count). The number of nitrogens with zero attached hydrogens (tertiary/aromatic N) is 1. The van der Waals surface area contributed by atoms with Crippen molar-refractivity contribution in [3.05, 3.63) is 34.9 Å². The summed E-state index contributed by atoms with van der Waals surface area (Å²) in [5.74, 6) is -0.392. The van der Waals surface area contributed by atoms with Gasteiger partial charge in [-0.15, -0.1) is 0 Å². The van der Waals surface area contributed by atoms with Crippen molar-refractivity contribution in [2.24, 2.45) is 0 Å². The van der Waals surface area contributed by atoms with Crippen LogP contribution in [0.1, 0.15) is 21.5 Å². The first-order valence-corrected chi connectivity index (χ1v) is 4.24. The molecule has 1 saturated heterocycles. The minimum atomic E-state index is -0.587. The molecule has 4 nitrogen and oxygen atoms in total. The molecule has 0 spiro atoms. The van der Waals surface area contributed by atoms with Gasteiger partial charge in [0.1, 0.15) is 0 Å². The monoisotopic (exact) mass is 191 g/mol. The molecule has 0 saturated carbocycles. The van der Waals surface area contributed by atoms with Crippen molar-refractivity contribution in [1.29, 1.82) is 0 Å². The number of aryl methyl sites for hydroxylation is 1. The highest BCUT2D eigenvalue weighted by molar-refractivity contribution is 6.07. The lowest BCUT2D eigenvalue weighted by Crippen LogP contribution is -2.13. The molecule has 0 radical (unpaired) electrons. The topological polar surface area (TPSA) is 49.7 Å². The Balaban J connectivity index is 2.37. The van der Waals surface area contributed by atoms with E-state index < -0.39 is 12.0 Å². The van der Waals surface area contributed by atoms with Crippen molar-refractivity contribution in [3.8, 4) is 0 Å². The fraction of sp³-hybridized carbons (Fsp3) is 0.200. The molecule has 0 aliphatic carbocycles. The van der Waals surface area contributed by atoms with Gasteiger partial charge in [-0.3, -0.25) is 4.79 Å². The van der Waals surface area contributed by atoms with Gasteiger partial charge in [-0.1, -0.05) is 17.2 Å². The molecular weight excluding hydrogens is 182 g/mol. The highest BCUT2D eigenvalue weighted by Gasteiger charge is 2.42. The van der Waals surface area contributed by atoms with Crippen LogP contribution < -0.4 is 0 Å². The number of imide groups is 1. The summed E-state index contributed by atoms with van der Waals surface area (Å²) in [6.07, 6.45) is -0.587. The van der Waals surface area contributed by atoms with Gasteiger partial charge in [0.2, 0.25) is 0 Å². The highest BCUT2D eigenvalue weighted by Crippen LogP contribution is 2.20. The van der Waals surface area contributed by atoms with Crippen molar-refractivity contribution < 1.29 is 14.4 Å². The van der Waals surface area contributed by atoms with Crippen molar-refractivity contribution in [2.45, 2.75) is 13.8 Å². The Morgan fingerprint density at radius 2 is 2.00 bits per heavy atom. The number of hydrogen-bond acceptors (Lipinski definition) is 3. The van der Waals surface area contributed by atoms with Crippen molar-refractivity contribution in [1.82, 2.24) is 5.06 Å². The fourth-order valence-corrected chi connectivity index (χ4v) is 1.27. The van der Waals surface area contributed by atoms with Gasteiger partial charge in [-0.25, -0.2) is 4.79 Å². The van der Waals surface area contributed by atoms with Crippen LogP contribution in [0, 0.1) is 13.8 Å². The number of hydroxylamine groups is 2. The van der Waals surface area contributed by atoms with Gasteiger partial charge in [-0.2, -0.15) is 0 Å². The minimum absolute atomic E-state index is 0.392. The van der Waals surface area contributed by atoms with Gasteiger partial charge in [0, 0.05) is 5.56 Å². The molecule has 1 aromatic rings. The van der Waals surface area contributed by atoms with E-state index in [0.717, 1.165) is 16.2 Å². The quantitative estimate of drug-likeness (QED) is 0.636. The van der Waals surface area contributed by atoms with E-state index in [4.69, 9.17) is 0 Å². The summed E-state index contributed by atoms with van der Waals surface area (Å²) in [4.78, 5) is 26.5. The molecule has 0 unspecified atom stereocenters. The smallest absolute Gasteiger partial charge is 0.305 e. The van der Waals surface area contributed by atoms with E-state index in [1.54, 1.807) is 12.1 Å². The van der Waals surface area contributed by atoms with E-state index in [1.165, 1.54) is 0 Å². The molecule has 14 heavy (non-hydrogen) atoms. The van der Waals surface area contributed by atoms with Crippen molar-refractivity contribution in [2.75, 3.05) is 0 Å². The Morgan fingerprint density at radius 3 is 2.57 bits per heavy atom. The number of rotatable bonds is 1. The van der Waals surface area contributed by atoms with E-state index in [9.17, 15) is 9.59 Å². The summed E-state index contributed by atoms with van der Waals surface area (Å²) in [6.45, 7) is 3.76. The second-order valence-corrected chi connectivity index (χ2v) is 3.20. The first kappa shape index (κ1) is 8.74. The number of benzene rings is 1. The van der Waals surface area contributed by atoms with Crippen LogP contribution in [0.4, 0.5) is 4.79 Å². The van der Waals surface area contributed by atoms with Crippen LogP contribution in [0.25, 0.3) is 0 Å². The number of amides is 2. The third kappa shape index (κ3) is 1.25. The predicted molar refractivity (Wildman–Crippen MR) is 48.6 cm³/mol. The van der Waals surface area contributed by atoms with Gasteiger partial charge in [0.25, 0.3) is 5.91 Å². The summed E-state index contributed by atoms with van der Waals surface area (Å²) >= 11 is 0. The number of carbonyl (C=O) groups is 2. The first-order chi connectivity index (χ1) is 6.61. The largest absolute Gasteiger partial charge is 0.476 e. The lowest BCUT2D eigenvalue weighted by Gasteiger charge is -2.04. The summed E-state index contributed by atoms with van der Waals surface area (Å²) in [5, 5.41) is 0.752. The normalized spacial score (nSPS) is 13.9. The van der Waals surface area contributed by atoms with Crippen LogP contribution in [0.3, 0.4) is 0 Å². The molecule has 1 aromatic carbocycles. The van der Waals surface area contributed by atoms with Crippen LogP contribution in [-0.4, -0.2) is 17.1 Å². The zero-order valence-corrected chi connectivity index (χ0v) is 7.90. The maximum atomic E-state index is 11.6. The second-order valence-electron chi connectivity index (χ2n) is 3.20. The molecule has 0 bridgehead atoms. The Bertz CT molecular complexity index is 425. The van der Waals surface area contributed by atoms with Gasteiger partial charge in [-0.05, 0) is 31.0 Å².